The second-order valence-electron chi connectivity index (χ2n) is 3.55. The van der Waals surface area contributed by atoms with E-state index in [0.717, 1.165) is 32.1 Å². The third-order valence-electron chi connectivity index (χ3n) is 2.32. The van der Waals surface area contributed by atoms with Gasteiger partial charge in [-0.15, -0.1) is 0 Å². The van der Waals surface area contributed by atoms with Crippen molar-refractivity contribution in [2.45, 2.75) is 6.92 Å². The lowest BCUT2D eigenvalue weighted by Crippen LogP contribution is -2.36. The van der Waals surface area contributed by atoms with E-state index in [1.54, 1.807) is 12.3 Å². The average molecular weight is 222 g/mol. The minimum Gasteiger partial charge on any atom is -0.425 e. The number of morpholine rings is 1. The maximum atomic E-state index is 10.7. The van der Waals surface area contributed by atoms with Crippen molar-refractivity contribution in [1.82, 2.24) is 4.98 Å². The molecule has 16 heavy (non-hydrogen) atoms. The number of rotatable bonds is 2. The summed E-state index contributed by atoms with van der Waals surface area (Å²) < 4.78 is 10.2. The Morgan fingerprint density at radius 3 is 2.75 bits per heavy atom. The summed E-state index contributed by atoms with van der Waals surface area (Å²) in [5.41, 5.74) is 0. The number of esters is 1. The minimum atomic E-state index is -0.332. The highest BCUT2D eigenvalue weighted by molar-refractivity contribution is 5.69. The van der Waals surface area contributed by atoms with Gasteiger partial charge in [-0.1, -0.05) is 0 Å². The number of ether oxygens (including phenoxy) is 2. The molecule has 0 bridgehead atoms. The number of hydrogen-bond acceptors (Lipinski definition) is 5. The molecule has 0 amide bonds. The number of pyridine rings is 1. The van der Waals surface area contributed by atoms with Crippen LogP contribution in [0.3, 0.4) is 0 Å². The molecule has 0 aromatic carbocycles. The van der Waals surface area contributed by atoms with Gasteiger partial charge in [-0.05, 0) is 12.1 Å². The highest BCUT2D eigenvalue weighted by atomic mass is 16.5. The second-order valence-corrected chi connectivity index (χ2v) is 3.55. The van der Waals surface area contributed by atoms with Crippen molar-refractivity contribution < 1.29 is 14.3 Å². The van der Waals surface area contributed by atoms with Gasteiger partial charge in [-0.25, -0.2) is 4.98 Å². The molecular formula is C11H14N2O3. The summed E-state index contributed by atoms with van der Waals surface area (Å²) in [6, 6.07) is 3.60. The highest BCUT2D eigenvalue weighted by Crippen LogP contribution is 2.16. The van der Waals surface area contributed by atoms with Gasteiger partial charge in [0.1, 0.15) is 11.6 Å². The van der Waals surface area contributed by atoms with Crippen LogP contribution in [0.25, 0.3) is 0 Å². The van der Waals surface area contributed by atoms with Gasteiger partial charge in [-0.2, -0.15) is 0 Å². The Morgan fingerprint density at radius 2 is 2.19 bits per heavy atom. The summed E-state index contributed by atoms with van der Waals surface area (Å²) in [6.45, 7) is 4.52. The van der Waals surface area contributed by atoms with Crippen molar-refractivity contribution in [1.29, 1.82) is 0 Å². The zero-order valence-electron chi connectivity index (χ0n) is 9.18. The largest absolute Gasteiger partial charge is 0.425 e. The third kappa shape index (κ3) is 2.70. The fourth-order valence-corrected chi connectivity index (χ4v) is 1.58. The van der Waals surface area contributed by atoms with Crippen LogP contribution >= 0.6 is 0 Å². The monoisotopic (exact) mass is 222 g/mol. The topological polar surface area (TPSA) is 51.7 Å². The number of aromatic nitrogens is 1. The lowest BCUT2D eigenvalue weighted by atomic mass is 10.3. The van der Waals surface area contributed by atoms with Crippen molar-refractivity contribution in [3.8, 4) is 5.75 Å². The minimum absolute atomic E-state index is 0.332. The van der Waals surface area contributed by atoms with Crippen LogP contribution in [0.2, 0.25) is 0 Å². The zero-order valence-corrected chi connectivity index (χ0v) is 9.18. The maximum absolute atomic E-state index is 10.7. The van der Waals surface area contributed by atoms with Crippen LogP contribution < -0.4 is 9.64 Å². The quantitative estimate of drug-likeness (QED) is 0.694. The Morgan fingerprint density at radius 1 is 1.44 bits per heavy atom. The van der Waals surface area contributed by atoms with Crippen molar-refractivity contribution >= 4 is 11.8 Å². The van der Waals surface area contributed by atoms with Crippen LogP contribution in [0.4, 0.5) is 5.82 Å². The van der Waals surface area contributed by atoms with E-state index >= 15 is 0 Å². The molecule has 1 fully saturated rings. The molecule has 0 radical (unpaired) electrons. The van der Waals surface area contributed by atoms with Gasteiger partial charge >= 0.3 is 5.97 Å². The molecule has 2 rings (SSSR count). The molecule has 1 aliphatic rings. The Hall–Kier alpha value is -1.62. The summed E-state index contributed by atoms with van der Waals surface area (Å²) in [5.74, 6) is 1.03. The SMILES string of the molecule is CC(=O)Oc1ccc(N2CCOCC2)nc1. The van der Waals surface area contributed by atoms with Crippen LogP contribution in [0.15, 0.2) is 18.3 Å². The molecular weight excluding hydrogens is 208 g/mol. The fraction of sp³-hybridized carbons (Fsp3) is 0.455. The Labute approximate surface area is 94.0 Å². The maximum Gasteiger partial charge on any atom is 0.308 e. The normalized spacial score (nSPS) is 15.9. The van der Waals surface area contributed by atoms with Crippen molar-refractivity contribution in [2.75, 3.05) is 31.2 Å². The molecule has 1 aromatic heterocycles. The van der Waals surface area contributed by atoms with Crippen molar-refractivity contribution in [2.24, 2.45) is 0 Å². The lowest BCUT2D eigenvalue weighted by Gasteiger charge is -2.27. The number of hydrogen-bond donors (Lipinski definition) is 0. The van der Waals surface area contributed by atoms with Crippen LogP contribution in [-0.4, -0.2) is 37.3 Å². The van der Waals surface area contributed by atoms with E-state index in [0.29, 0.717) is 5.75 Å². The Kier molecular flexibility index (Phi) is 3.36. The summed E-state index contributed by atoms with van der Waals surface area (Å²) in [6.07, 6.45) is 1.56. The molecule has 1 saturated heterocycles. The summed E-state index contributed by atoms with van der Waals surface area (Å²) in [7, 11) is 0. The van der Waals surface area contributed by atoms with Gasteiger partial charge in [0, 0.05) is 20.0 Å². The Bertz CT molecular complexity index is 358. The van der Waals surface area contributed by atoms with Crippen molar-refractivity contribution in [3.05, 3.63) is 18.3 Å². The molecule has 1 aromatic rings. The zero-order chi connectivity index (χ0) is 11.4. The van der Waals surface area contributed by atoms with E-state index < -0.39 is 0 Å². The van der Waals surface area contributed by atoms with Crippen molar-refractivity contribution in [3.63, 3.8) is 0 Å². The first kappa shape index (κ1) is 10.9. The molecule has 0 unspecified atom stereocenters. The molecule has 0 saturated carbocycles. The molecule has 5 nitrogen and oxygen atoms in total. The van der Waals surface area contributed by atoms with Gasteiger partial charge in [0.15, 0.2) is 0 Å². The molecule has 0 aliphatic carbocycles. The molecule has 5 heteroatoms. The van der Waals surface area contributed by atoms with Gasteiger partial charge in [0.25, 0.3) is 0 Å². The lowest BCUT2D eigenvalue weighted by molar-refractivity contribution is -0.131. The molecule has 1 aliphatic heterocycles. The van der Waals surface area contributed by atoms with Gasteiger partial charge in [-0.3, -0.25) is 4.79 Å². The summed E-state index contributed by atoms with van der Waals surface area (Å²) in [4.78, 5) is 17.1. The molecule has 0 spiro atoms. The standard InChI is InChI=1S/C11H14N2O3/c1-9(14)16-10-2-3-11(12-8-10)13-4-6-15-7-5-13/h2-3,8H,4-7H2,1H3. The number of anilines is 1. The van der Waals surface area contributed by atoms with E-state index in [2.05, 4.69) is 9.88 Å². The molecule has 86 valence electrons. The van der Waals surface area contributed by atoms with Crippen LogP contribution in [0.1, 0.15) is 6.92 Å². The van der Waals surface area contributed by atoms with Gasteiger partial charge < -0.3 is 14.4 Å². The first-order valence-electron chi connectivity index (χ1n) is 5.23. The first-order chi connectivity index (χ1) is 7.75. The van der Waals surface area contributed by atoms with Crippen LogP contribution in [0, 0.1) is 0 Å². The molecule has 0 N–H and O–H groups in total. The van der Waals surface area contributed by atoms with E-state index in [1.807, 2.05) is 6.07 Å². The van der Waals surface area contributed by atoms with E-state index in [9.17, 15) is 4.79 Å². The second kappa shape index (κ2) is 4.94. The van der Waals surface area contributed by atoms with Crippen LogP contribution in [-0.2, 0) is 9.53 Å². The smallest absolute Gasteiger partial charge is 0.308 e. The van der Waals surface area contributed by atoms with E-state index in [-0.39, 0.29) is 5.97 Å². The van der Waals surface area contributed by atoms with Gasteiger partial charge in [0.2, 0.25) is 0 Å². The third-order valence-corrected chi connectivity index (χ3v) is 2.32. The number of carbonyl (C=O) groups is 1. The summed E-state index contributed by atoms with van der Waals surface area (Å²) >= 11 is 0. The van der Waals surface area contributed by atoms with E-state index in [4.69, 9.17) is 9.47 Å². The van der Waals surface area contributed by atoms with E-state index in [1.165, 1.54) is 6.92 Å². The van der Waals surface area contributed by atoms with Gasteiger partial charge in [0.05, 0.1) is 19.4 Å². The predicted molar refractivity (Wildman–Crippen MR) is 58.6 cm³/mol. The predicted octanol–water partition coefficient (Wildman–Crippen LogP) is 0.844. The number of carbonyl (C=O) groups excluding carboxylic acids is 1. The number of nitrogens with zero attached hydrogens (tertiary/aromatic N) is 2. The molecule has 0 atom stereocenters. The average Bonchev–Trinajstić information content (AvgIpc) is 2.30. The summed E-state index contributed by atoms with van der Waals surface area (Å²) in [5, 5.41) is 0. The Balaban J connectivity index is 2.03. The van der Waals surface area contributed by atoms with Crippen LogP contribution in [0.5, 0.6) is 5.75 Å². The molecule has 2 heterocycles. The fourth-order valence-electron chi connectivity index (χ4n) is 1.58. The first-order valence-corrected chi connectivity index (χ1v) is 5.23. The highest BCUT2D eigenvalue weighted by Gasteiger charge is 2.12.